The quantitative estimate of drug-likeness (QED) is 0.824. The topological polar surface area (TPSA) is 52.9 Å². The van der Waals surface area contributed by atoms with Crippen LogP contribution in [0.3, 0.4) is 0 Å². The van der Waals surface area contributed by atoms with Crippen LogP contribution in [0.25, 0.3) is 0 Å². The number of benzene rings is 1. The number of hydrogen-bond acceptors (Lipinski definition) is 2. The van der Waals surface area contributed by atoms with Crippen LogP contribution in [-0.2, 0) is 4.79 Å². The number of nitrogens with one attached hydrogen (secondary N) is 1. The lowest BCUT2D eigenvalue weighted by molar-refractivity contribution is -0.113. The van der Waals surface area contributed by atoms with Crippen molar-refractivity contribution in [2.75, 3.05) is 10.6 Å². The van der Waals surface area contributed by atoms with Crippen molar-refractivity contribution in [3.63, 3.8) is 0 Å². The summed E-state index contributed by atoms with van der Waals surface area (Å²) in [6.45, 7) is 0. The molecule has 1 rings (SSSR count). The molecule has 0 saturated heterocycles. The van der Waals surface area contributed by atoms with Crippen molar-refractivity contribution >= 4 is 27.5 Å². The molecule has 1 N–H and O–H groups in total. The molecule has 0 unspecified atom stereocenters. The van der Waals surface area contributed by atoms with Crippen LogP contribution in [-0.4, -0.2) is 11.2 Å². The lowest BCUT2D eigenvalue weighted by Crippen LogP contribution is -2.13. The standard InChI is InChI=1S/C9H6BrFN2O/c10-4-9(14)13-8-3-1-2-7(11)6(8)5-12/h1-3H,4H2,(H,13,14). The van der Waals surface area contributed by atoms with Crippen molar-refractivity contribution in [2.45, 2.75) is 0 Å². The van der Waals surface area contributed by atoms with Gasteiger partial charge in [0.05, 0.1) is 11.0 Å². The summed E-state index contributed by atoms with van der Waals surface area (Å²) in [5.41, 5.74) is 0.0405. The molecule has 0 spiro atoms. The number of amides is 1. The smallest absolute Gasteiger partial charge is 0.235 e. The van der Waals surface area contributed by atoms with Crippen LogP contribution in [0.4, 0.5) is 10.1 Å². The highest BCUT2D eigenvalue weighted by molar-refractivity contribution is 9.09. The number of nitriles is 1. The van der Waals surface area contributed by atoms with Gasteiger partial charge in [0.1, 0.15) is 17.4 Å². The van der Waals surface area contributed by atoms with Crippen LogP contribution in [0, 0.1) is 17.1 Å². The fourth-order valence-electron chi connectivity index (χ4n) is 0.926. The Kier molecular flexibility index (Phi) is 3.60. The van der Waals surface area contributed by atoms with Gasteiger partial charge >= 0.3 is 0 Å². The molecule has 5 heteroatoms. The zero-order valence-corrected chi connectivity index (χ0v) is 8.64. The molecule has 72 valence electrons. The van der Waals surface area contributed by atoms with Crippen LogP contribution in [0.5, 0.6) is 0 Å². The van der Waals surface area contributed by atoms with E-state index in [2.05, 4.69) is 21.2 Å². The van der Waals surface area contributed by atoms with E-state index >= 15 is 0 Å². The number of carbonyl (C=O) groups excluding carboxylic acids is 1. The van der Waals surface area contributed by atoms with E-state index in [1.54, 1.807) is 6.07 Å². The summed E-state index contributed by atoms with van der Waals surface area (Å²) >= 11 is 2.95. The van der Waals surface area contributed by atoms with Crippen molar-refractivity contribution < 1.29 is 9.18 Å². The molecule has 14 heavy (non-hydrogen) atoms. The fraction of sp³-hybridized carbons (Fsp3) is 0.111. The first-order valence-electron chi connectivity index (χ1n) is 3.73. The molecule has 0 saturated carbocycles. The van der Waals surface area contributed by atoms with Gasteiger partial charge in [0, 0.05) is 0 Å². The Morgan fingerprint density at radius 1 is 1.64 bits per heavy atom. The minimum Gasteiger partial charge on any atom is -0.324 e. The molecule has 1 aromatic carbocycles. The van der Waals surface area contributed by atoms with E-state index in [1.165, 1.54) is 18.2 Å². The largest absolute Gasteiger partial charge is 0.324 e. The third kappa shape index (κ3) is 2.30. The van der Waals surface area contributed by atoms with Gasteiger partial charge in [-0.25, -0.2) is 4.39 Å². The van der Waals surface area contributed by atoms with E-state index in [1.807, 2.05) is 0 Å². The lowest BCUT2D eigenvalue weighted by Gasteiger charge is -2.04. The Labute approximate surface area is 88.7 Å². The molecular weight excluding hydrogens is 251 g/mol. The predicted molar refractivity (Wildman–Crippen MR) is 53.5 cm³/mol. The summed E-state index contributed by atoms with van der Waals surface area (Å²) in [7, 11) is 0. The summed E-state index contributed by atoms with van der Waals surface area (Å²) < 4.78 is 13.0. The Bertz CT molecular complexity index is 400. The van der Waals surface area contributed by atoms with Crippen LogP contribution in [0.15, 0.2) is 18.2 Å². The summed E-state index contributed by atoms with van der Waals surface area (Å²) in [4.78, 5) is 11.0. The predicted octanol–water partition coefficient (Wildman–Crippen LogP) is 2.03. The second kappa shape index (κ2) is 4.72. The van der Waals surface area contributed by atoms with Crippen molar-refractivity contribution in [1.82, 2.24) is 0 Å². The van der Waals surface area contributed by atoms with Gasteiger partial charge in [-0.15, -0.1) is 0 Å². The highest BCUT2D eigenvalue weighted by Crippen LogP contribution is 2.17. The van der Waals surface area contributed by atoms with E-state index in [4.69, 9.17) is 5.26 Å². The molecule has 0 radical (unpaired) electrons. The van der Waals surface area contributed by atoms with Crippen molar-refractivity contribution in [3.05, 3.63) is 29.6 Å². The van der Waals surface area contributed by atoms with Gasteiger partial charge in [-0.1, -0.05) is 22.0 Å². The lowest BCUT2D eigenvalue weighted by atomic mass is 10.2. The molecule has 0 aliphatic heterocycles. The number of alkyl halides is 1. The SMILES string of the molecule is N#Cc1c(F)cccc1NC(=O)CBr. The number of carbonyl (C=O) groups is 1. The van der Waals surface area contributed by atoms with E-state index < -0.39 is 5.82 Å². The van der Waals surface area contributed by atoms with Crippen LogP contribution in [0.2, 0.25) is 0 Å². The molecule has 0 fully saturated rings. The van der Waals surface area contributed by atoms with Gasteiger partial charge < -0.3 is 5.32 Å². The van der Waals surface area contributed by atoms with Gasteiger partial charge in [-0.3, -0.25) is 4.79 Å². The van der Waals surface area contributed by atoms with E-state index in [9.17, 15) is 9.18 Å². The first-order chi connectivity index (χ1) is 6.69. The first-order valence-corrected chi connectivity index (χ1v) is 4.85. The third-order valence-corrected chi connectivity index (χ3v) is 2.03. The van der Waals surface area contributed by atoms with E-state index in [-0.39, 0.29) is 22.5 Å². The Morgan fingerprint density at radius 2 is 2.36 bits per heavy atom. The normalized spacial score (nSPS) is 9.21. The van der Waals surface area contributed by atoms with Crippen molar-refractivity contribution in [1.29, 1.82) is 5.26 Å². The molecule has 0 aliphatic rings. The monoisotopic (exact) mass is 256 g/mol. The molecule has 0 aromatic heterocycles. The molecule has 3 nitrogen and oxygen atoms in total. The van der Waals surface area contributed by atoms with Gasteiger partial charge in [-0.2, -0.15) is 5.26 Å². The summed E-state index contributed by atoms with van der Waals surface area (Å²) in [6, 6.07) is 5.76. The van der Waals surface area contributed by atoms with E-state index in [0.29, 0.717) is 0 Å². The average molecular weight is 257 g/mol. The van der Waals surface area contributed by atoms with Crippen LogP contribution in [0.1, 0.15) is 5.56 Å². The number of halogens is 2. The minimum atomic E-state index is -0.639. The summed E-state index contributed by atoms with van der Waals surface area (Å²) in [5.74, 6) is -0.966. The molecular formula is C9H6BrFN2O. The van der Waals surface area contributed by atoms with Gasteiger partial charge in [0.15, 0.2) is 0 Å². The Balaban J connectivity index is 3.04. The maximum atomic E-state index is 13.0. The van der Waals surface area contributed by atoms with Gasteiger partial charge in [0.25, 0.3) is 0 Å². The fourth-order valence-corrected chi connectivity index (χ4v) is 1.07. The van der Waals surface area contributed by atoms with E-state index in [0.717, 1.165) is 0 Å². The summed E-state index contributed by atoms with van der Waals surface area (Å²) in [5, 5.41) is 11.1. The second-order valence-electron chi connectivity index (χ2n) is 2.46. The Hall–Kier alpha value is -1.41. The third-order valence-electron chi connectivity index (χ3n) is 1.52. The average Bonchev–Trinajstić information content (AvgIpc) is 2.18. The number of anilines is 1. The van der Waals surface area contributed by atoms with Gasteiger partial charge in [0.2, 0.25) is 5.91 Å². The minimum absolute atomic E-state index is 0.106. The highest BCUT2D eigenvalue weighted by atomic mass is 79.9. The maximum absolute atomic E-state index is 13.0. The van der Waals surface area contributed by atoms with Crippen molar-refractivity contribution in [2.24, 2.45) is 0 Å². The van der Waals surface area contributed by atoms with Gasteiger partial charge in [-0.05, 0) is 12.1 Å². The van der Waals surface area contributed by atoms with Crippen molar-refractivity contribution in [3.8, 4) is 6.07 Å². The molecule has 0 atom stereocenters. The number of hydrogen-bond donors (Lipinski definition) is 1. The second-order valence-corrected chi connectivity index (χ2v) is 3.02. The Morgan fingerprint density at radius 3 is 2.93 bits per heavy atom. The molecule has 0 heterocycles. The highest BCUT2D eigenvalue weighted by Gasteiger charge is 2.09. The molecule has 0 bridgehead atoms. The van der Waals surface area contributed by atoms with Crippen LogP contribution >= 0.6 is 15.9 Å². The maximum Gasteiger partial charge on any atom is 0.235 e. The zero-order valence-electron chi connectivity index (χ0n) is 7.05. The summed E-state index contributed by atoms with van der Waals surface area (Å²) in [6.07, 6.45) is 0. The van der Waals surface area contributed by atoms with Crippen LogP contribution < -0.4 is 5.32 Å². The molecule has 1 aromatic rings. The number of nitrogens with zero attached hydrogens (tertiary/aromatic N) is 1. The molecule has 1 amide bonds. The zero-order chi connectivity index (χ0) is 10.6. The molecule has 0 aliphatic carbocycles. The number of rotatable bonds is 2. The first kappa shape index (κ1) is 10.7.